The maximum atomic E-state index is 12.8. The van der Waals surface area contributed by atoms with E-state index in [9.17, 15) is 22.8 Å². The second-order valence-electron chi connectivity index (χ2n) is 5.37. The molecule has 2 amide bonds. The van der Waals surface area contributed by atoms with E-state index in [1.807, 2.05) is 0 Å². The largest absolute Gasteiger partial charge is 0.416 e. The predicted octanol–water partition coefficient (Wildman–Crippen LogP) is 3.14. The molecule has 0 radical (unpaired) electrons. The molecule has 0 heterocycles. The molecule has 25 heavy (non-hydrogen) atoms. The number of alkyl halides is 3. The summed E-state index contributed by atoms with van der Waals surface area (Å²) in [5.74, 6) is -0.784. The number of rotatable bonds is 7. The van der Waals surface area contributed by atoms with Crippen molar-refractivity contribution in [2.45, 2.75) is 33.0 Å². The Kier molecular flexibility index (Phi) is 7.69. The SMILES string of the molecule is CCNC(=O)CN(CC)[C@@H](C)C(=O)Nc1cc(C(F)(F)F)ccc1Cl. The van der Waals surface area contributed by atoms with Crippen molar-refractivity contribution < 1.29 is 22.8 Å². The summed E-state index contributed by atoms with van der Waals surface area (Å²) in [4.78, 5) is 25.6. The minimum Gasteiger partial charge on any atom is -0.355 e. The van der Waals surface area contributed by atoms with Crippen LogP contribution in [0.4, 0.5) is 18.9 Å². The van der Waals surface area contributed by atoms with E-state index in [0.717, 1.165) is 18.2 Å². The van der Waals surface area contributed by atoms with Gasteiger partial charge in [0.15, 0.2) is 0 Å². The second kappa shape index (κ2) is 9.05. The number of carbonyl (C=O) groups excluding carboxylic acids is 2. The summed E-state index contributed by atoms with van der Waals surface area (Å²) in [6, 6.07) is 1.98. The van der Waals surface area contributed by atoms with Gasteiger partial charge < -0.3 is 10.6 Å². The molecule has 140 valence electrons. The molecule has 0 fully saturated rings. The third-order valence-electron chi connectivity index (χ3n) is 3.61. The molecule has 0 aromatic heterocycles. The van der Waals surface area contributed by atoms with Gasteiger partial charge in [0, 0.05) is 6.54 Å². The maximum absolute atomic E-state index is 12.8. The van der Waals surface area contributed by atoms with E-state index in [4.69, 9.17) is 11.6 Å². The number of benzene rings is 1. The lowest BCUT2D eigenvalue weighted by Crippen LogP contribution is -2.46. The first-order valence-electron chi connectivity index (χ1n) is 7.78. The molecule has 1 atom stereocenters. The number of nitrogens with one attached hydrogen (secondary N) is 2. The highest BCUT2D eigenvalue weighted by Crippen LogP contribution is 2.33. The first-order valence-corrected chi connectivity index (χ1v) is 8.16. The van der Waals surface area contributed by atoms with Crippen molar-refractivity contribution in [1.29, 1.82) is 0 Å². The van der Waals surface area contributed by atoms with Crippen molar-refractivity contribution in [3.8, 4) is 0 Å². The van der Waals surface area contributed by atoms with Crippen molar-refractivity contribution >= 4 is 29.1 Å². The number of amides is 2. The third kappa shape index (κ3) is 6.21. The summed E-state index contributed by atoms with van der Waals surface area (Å²) in [5.41, 5.74) is -1.03. The molecular formula is C16H21ClF3N3O2. The van der Waals surface area contributed by atoms with E-state index >= 15 is 0 Å². The molecule has 0 unspecified atom stereocenters. The van der Waals surface area contributed by atoms with Crippen LogP contribution in [0.3, 0.4) is 0 Å². The van der Waals surface area contributed by atoms with Gasteiger partial charge in [0.1, 0.15) is 0 Å². The van der Waals surface area contributed by atoms with Crippen molar-refractivity contribution in [2.75, 3.05) is 25.0 Å². The topological polar surface area (TPSA) is 61.4 Å². The summed E-state index contributed by atoms with van der Waals surface area (Å²) < 4.78 is 38.4. The molecule has 5 nitrogen and oxygen atoms in total. The zero-order valence-corrected chi connectivity index (χ0v) is 15.0. The Morgan fingerprint density at radius 3 is 2.44 bits per heavy atom. The van der Waals surface area contributed by atoms with Crippen LogP contribution in [0.5, 0.6) is 0 Å². The molecule has 0 bridgehead atoms. The van der Waals surface area contributed by atoms with Crippen molar-refractivity contribution in [1.82, 2.24) is 10.2 Å². The monoisotopic (exact) mass is 379 g/mol. The number of halogens is 4. The van der Waals surface area contributed by atoms with E-state index in [2.05, 4.69) is 10.6 Å². The molecule has 1 aromatic rings. The van der Waals surface area contributed by atoms with E-state index < -0.39 is 23.7 Å². The lowest BCUT2D eigenvalue weighted by molar-refractivity contribution is -0.137. The van der Waals surface area contributed by atoms with Gasteiger partial charge in [-0.1, -0.05) is 18.5 Å². The van der Waals surface area contributed by atoms with Gasteiger partial charge in [0.05, 0.1) is 28.9 Å². The average Bonchev–Trinajstić information content (AvgIpc) is 2.53. The minimum absolute atomic E-state index is 0.000300. The van der Waals surface area contributed by atoms with Gasteiger partial charge in [-0.15, -0.1) is 0 Å². The van der Waals surface area contributed by atoms with Crippen LogP contribution in [0.25, 0.3) is 0 Å². The number of anilines is 1. The van der Waals surface area contributed by atoms with Crippen LogP contribution in [-0.2, 0) is 15.8 Å². The third-order valence-corrected chi connectivity index (χ3v) is 3.94. The van der Waals surface area contributed by atoms with Gasteiger partial charge in [-0.2, -0.15) is 13.2 Å². The molecule has 9 heteroatoms. The van der Waals surface area contributed by atoms with Gasteiger partial charge in [-0.25, -0.2) is 0 Å². The average molecular weight is 380 g/mol. The molecule has 0 spiro atoms. The fourth-order valence-corrected chi connectivity index (χ4v) is 2.33. The Balaban J connectivity index is 2.88. The van der Waals surface area contributed by atoms with Gasteiger partial charge in [0.2, 0.25) is 11.8 Å². The van der Waals surface area contributed by atoms with E-state index in [1.165, 1.54) is 0 Å². The van der Waals surface area contributed by atoms with Crippen LogP contribution in [0.15, 0.2) is 18.2 Å². The zero-order chi connectivity index (χ0) is 19.2. The Labute approximate surface area is 149 Å². The molecule has 0 aliphatic carbocycles. The lowest BCUT2D eigenvalue weighted by Gasteiger charge is -2.26. The summed E-state index contributed by atoms with van der Waals surface area (Å²) in [7, 11) is 0. The molecule has 0 saturated heterocycles. The quantitative estimate of drug-likeness (QED) is 0.765. The number of hydrogen-bond donors (Lipinski definition) is 2. The molecule has 1 aromatic carbocycles. The normalized spacial score (nSPS) is 12.8. The summed E-state index contributed by atoms with van der Waals surface area (Å²) in [5, 5.41) is 5.03. The molecular weight excluding hydrogens is 359 g/mol. The molecule has 1 rings (SSSR count). The fourth-order valence-electron chi connectivity index (χ4n) is 2.16. The first kappa shape index (κ1) is 21.2. The van der Waals surface area contributed by atoms with Gasteiger partial charge >= 0.3 is 6.18 Å². The predicted molar refractivity (Wildman–Crippen MR) is 90.5 cm³/mol. The zero-order valence-electron chi connectivity index (χ0n) is 14.2. The van der Waals surface area contributed by atoms with E-state index in [-0.39, 0.29) is 23.2 Å². The molecule has 0 saturated carbocycles. The number of nitrogens with zero attached hydrogens (tertiary/aromatic N) is 1. The lowest BCUT2D eigenvalue weighted by atomic mass is 10.1. The van der Waals surface area contributed by atoms with Crippen molar-refractivity contribution in [2.24, 2.45) is 0 Å². The highest BCUT2D eigenvalue weighted by atomic mass is 35.5. The smallest absolute Gasteiger partial charge is 0.355 e. The first-order chi connectivity index (χ1) is 11.6. The number of carbonyl (C=O) groups is 2. The second-order valence-corrected chi connectivity index (χ2v) is 5.78. The highest BCUT2D eigenvalue weighted by Gasteiger charge is 2.31. The Hall–Kier alpha value is -1.80. The highest BCUT2D eigenvalue weighted by molar-refractivity contribution is 6.33. The molecule has 2 N–H and O–H groups in total. The standard InChI is InChI=1S/C16H21ClF3N3O2/c1-4-21-14(24)9-23(5-2)10(3)15(25)22-13-8-11(16(18,19)20)6-7-12(13)17/h6-8,10H,4-5,9H2,1-3H3,(H,21,24)(H,22,25)/t10-/m0/s1. The molecule has 0 aliphatic heterocycles. The van der Waals surface area contributed by atoms with Crippen LogP contribution >= 0.6 is 11.6 Å². The van der Waals surface area contributed by atoms with E-state index in [0.29, 0.717) is 13.1 Å². The van der Waals surface area contributed by atoms with Crippen LogP contribution < -0.4 is 10.6 Å². The molecule has 0 aliphatic rings. The Morgan fingerprint density at radius 1 is 1.28 bits per heavy atom. The Morgan fingerprint density at radius 2 is 1.92 bits per heavy atom. The number of hydrogen-bond acceptors (Lipinski definition) is 3. The van der Waals surface area contributed by atoms with Crippen molar-refractivity contribution in [3.05, 3.63) is 28.8 Å². The Bertz CT molecular complexity index is 623. The van der Waals surface area contributed by atoms with Gasteiger partial charge in [0.25, 0.3) is 0 Å². The summed E-state index contributed by atoms with van der Waals surface area (Å²) in [6.07, 6.45) is -4.54. The van der Waals surface area contributed by atoms with E-state index in [1.54, 1.807) is 25.7 Å². The summed E-state index contributed by atoms with van der Waals surface area (Å²) in [6.45, 7) is 6.02. The maximum Gasteiger partial charge on any atom is 0.416 e. The van der Waals surface area contributed by atoms with Crippen LogP contribution in [0.2, 0.25) is 5.02 Å². The number of likely N-dealkylation sites (N-methyl/N-ethyl adjacent to an activating group) is 2. The van der Waals surface area contributed by atoms with Crippen LogP contribution in [0.1, 0.15) is 26.3 Å². The fraction of sp³-hybridized carbons (Fsp3) is 0.500. The minimum atomic E-state index is -4.54. The van der Waals surface area contributed by atoms with Gasteiger partial charge in [-0.05, 0) is 38.6 Å². The van der Waals surface area contributed by atoms with Gasteiger partial charge in [-0.3, -0.25) is 14.5 Å². The summed E-state index contributed by atoms with van der Waals surface area (Å²) >= 11 is 5.87. The van der Waals surface area contributed by atoms with Crippen LogP contribution in [0, 0.1) is 0 Å². The van der Waals surface area contributed by atoms with Crippen LogP contribution in [-0.4, -0.2) is 42.4 Å². The van der Waals surface area contributed by atoms with Crippen molar-refractivity contribution in [3.63, 3.8) is 0 Å².